The number of esters is 1. The van der Waals surface area contributed by atoms with E-state index in [0.717, 1.165) is 24.8 Å². The first-order chi connectivity index (χ1) is 13.7. The number of thiophene rings is 1. The van der Waals surface area contributed by atoms with Crippen molar-refractivity contribution < 1.29 is 14.3 Å². The average Bonchev–Trinajstić information content (AvgIpc) is 3.32. The zero-order valence-electron chi connectivity index (χ0n) is 15.5. The molecule has 0 amide bonds. The van der Waals surface area contributed by atoms with Gasteiger partial charge in [0, 0.05) is 10.4 Å². The van der Waals surface area contributed by atoms with Crippen LogP contribution in [0.4, 0.5) is 0 Å². The molecule has 1 aromatic heterocycles. The maximum Gasteiger partial charge on any atom is 0.348 e. The summed E-state index contributed by atoms with van der Waals surface area (Å²) in [7, 11) is 0. The predicted octanol–water partition coefficient (Wildman–Crippen LogP) is 5.24. The van der Waals surface area contributed by atoms with Crippen molar-refractivity contribution in [2.45, 2.75) is 32.1 Å². The minimum Gasteiger partial charge on any atom is -0.453 e. The molecule has 2 aliphatic carbocycles. The third-order valence-electron chi connectivity index (χ3n) is 5.65. The molecule has 1 heterocycles. The zero-order chi connectivity index (χ0) is 19.1. The fraction of sp³-hybridized carbons (Fsp3) is 0.250. The fourth-order valence-electron chi connectivity index (χ4n) is 4.17. The van der Waals surface area contributed by atoms with E-state index in [1.54, 1.807) is 0 Å². The third-order valence-corrected chi connectivity index (χ3v) is 6.87. The van der Waals surface area contributed by atoms with Gasteiger partial charge in [0.1, 0.15) is 4.88 Å². The Bertz CT molecular complexity index is 1070. The van der Waals surface area contributed by atoms with Crippen LogP contribution in [0.5, 0.6) is 0 Å². The monoisotopic (exact) mass is 388 g/mol. The van der Waals surface area contributed by atoms with E-state index >= 15 is 0 Å². The van der Waals surface area contributed by atoms with Gasteiger partial charge in [-0.3, -0.25) is 4.79 Å². The standard InChI is InChI=1S/C24H20O3S/c25-21(14-27-24(26)23-13-18-6-2-4-8-22(18)28-23)17-10-9-16-11-15-5-1-3-7-19(15)20(16)12-17/h1,3,5,7,9-10,12-13H,2,4,6,8,11,14H2. The molecular formula is C24H20O3S. The van der Waals surface area contributed by atoms with Gasteiger partial charge >= 0.3 is 5.97 Å². The summed E-state index contributed by atoms with van der Waals surface area (Å²) in [6.07, 6.45) is 5.34. The summed E-state index contributed by atoms with van der Waals surface area (Å²) in [5.74, 6) is -0.555. The number of ketones is 1. The van der Waals surface area contributed by atoms with Gasteiger partial charge in [0.05, 0.1) is 0 Å². The number of ether oxygens (including phenoxy) is 1. The number of aryl methyl sites for hydroxylation is 2. The first-order valence-electron chi connectivity index (χ1n) is 9.72. The number of carbonyl (C=O) groups excluding carboxylic acids is 2. The Morgan fingerprint density at radius 1 is 0.893 bits per heavy atom. The van der Waals surface area contributed by atoms with Crippen LogP contribution in [-0.2, 0) is 24.0 Å². The van der Waals surface area contributed by atoms with E-state index in [1.165, 1.54) is 51.3 Å². The van der Waals surface area contributed by atoms with Gasteiger partial charge in [-0.15, -0.1) is 11.3 Å². The molecule has 0 fully saturated rings. The summed E-state index contributed by atoms with van der Waals surface area (Å²) < 4.78 is 5.33. The number of carbonyl (C=O) groups is 2. The van der Waals surface area contributed by atoms with Crippen molar-refractivity contribution in [2.75, 3.05) is 6.61 Å². The molecule has 0 atom stereocenters. The Kier molecular flexibility index (Phi) is 4.36. The highest BCUT2D eigenvalue weighted by molar-refractivity contribution is 7.14. The molecule has 0 spiro atoms. The molecular weight excluding hydrogens is 368 g/mol. The number of rotatable bonds is 4. The van der Waals surface area contributed by atoms with Crippen molar-refractivity contribution in [1.29, 1.82) is 0 Å². The Morgan fingerprint density at radius 2 is 1.71 bits per heavy atom. The largest absolute Gasteiger partial charge is 0.453 e. The lowest BCUT2D eigenvalue weighted by Crippen LogP contribution is -2.13. The summed E-state index contributed by atoms with van der Waals surface area (Å²) in [5.41, 5.74) is 6.68. The first-order valence-corrected chi connectivity index (χ1v) is 10.5. The maximum absolute atomic E-state index is 12.6. The van der Waals surface area contributed by atoms with E-state index < -0.39 is 0 Å². The highest BCUT2D eigenvalue weighted by atomic mass is 32.1. The Labute approximate surface area is 168 Å². The fourth-order valence-corrected chi connectivity index (χ4v) is 5.32. The van der Waals surface area contributed by atoms with E-state index in [9.17, 15) is 9.59 Å². The number of hydrogen-bond acceptors (Lipinski definition) is 4. The lowest BCUT2D eigenvalue weighted by molar-refractivity contribution is 0.0479. The lowest BCUT2D eigenvalue weighted by atomic mass is 9.99. The predicted molar refractivity (Wildman–Crippen MR) is 110 cm³/mol. The molecule has 2 aliphatic rings. The van der Waals surface area contributed by atoms with Crippen LogP contribution in [0.3, 0.4) is 0 Å². The molecule has 0 aliphatic heterocycles. The van der Waals surface area contributed by atoms with Crippen molar-refractivity contribution in [3.63, 3.8) is 0 Å². The average molecular weight is 388 g/mol. The normalized spacial score (nSPS) is 14.1. The molecule has 140 valence electrons. The quantitative estimate of drug-likeness (QED) is 0.355. The smallest absolute Gasteiger partial charge is 0.348 e. The molecule has 2 aromatic carbocycles. The second-order valence-electron chi connectivity index (χ2n) is 7.47. The minimum atomic E-state index is -0.390. The van der Waals surface area contributed by atoms with Crippen molar-refractivity contribution in [1.82, 2.24) is 0 Å². The topological polar surface area (TPSA) is 43.4 Å². The van der Waals surface area contributed by atoms with Crippen LogP contribution in [0.15, 0.2) is 48.5 Å². The second-order valence-corrected chi connectivity index (χ2v) is 8.61. The molecule has 0 saturated heterocycles. The number of Topliss-reactive ketones (excluding diaryl/α,β-unsaturated/α-hetero) is 1. The molecule has 0 unspecified atom stereocenters. The van der Waals surface area contributed by atoms with E-state index in [0.29, 0.717) is 10.4 Å². The highest BCUT2D eigenvalue weighted by Crippen LogP contribution is 2.37. The molecule has 3 aromatic rings. The first kappa shape index (κ1) is 17.4. The van der Waals surface area contributed by atoms with Crippen LogP contribution in [-0.4, -0.2) is 18.4 Å². The van der Waals surface area contributed by atoms with E-state index in [4.69, 9.17) is 4.74 Å². The van der Waals surface area contributed by atoms with Gasteiger partial charge in [-0.1, -0.05) is 36.4 Å². The van der Waals surface area contributed by atoms with Crippen LogP contribution in [0.2, 0.25) is 0 Å². The minimum absolute atomic E-state index is 0.165. The molecule has 3 nitrogen and oxygen atoms in total. The van der Waals surface area contributed by atoms with Crippen molar-refractivity contribution in [2.24, 2.45) is 0 Å². The van der Waals surface area contributed by atoms with Crippen molar-refractivity contribution in [3.05, 3.63) is 80.5 Å². The van der Waals surface area contributed by atoms with Crippen LogP contribution in [0.25, 0.3) is 11.1 Å². The Balaban J connectivity index is 1.29. The van der Waals surface area contributed by atoms with E-state index in [1.807, 2.05) is 36.4 Å². The van der Waals surface area contributed by atoms with Crippen LogP contribution in [0.1, 0.15) is 54.4 Å². The summed E-state index contributed by atoms with van der Waals surface area (Å²) in [6, 6.07) is 16.0. The molecule has 0 radical (unpaired) electrons. The van der Waals surface area contributed by atoms with E-state index in [-0.39, 0.29) is 18.4 Å². The molecule has 0 N–H and O–H groups in total. The summed E-state index contributed by atoms with van der Waals surface area (Å²) in [4.78, 5) is 26.9. The number of fused-ring (bicyclic) bond motifs is 4. The van der Waals surface area contributed by atoms with Gasteiger partial charge in [0.2, 0.25) is 0 Å². The Hall–Kier alpha value is -2.72. The molecule has 28 heavy (non-hydrogen) atoms. The van der Waals surface area contributed by atoms with Gasteiger partial charge in [-0.05, 0) is 72.1 Å². The van der Waals surface area contributed by atoms with E-state index in [2.05, 4.69) is 12.1 Å². The van der Waals surface area contributed by atoms with Crippen LogP contribution in [0, 0.1) is 0 Å². The third kappa shape index (κ3) is 3.08. The molecule has 4 heteroatoms. The van der Waals surface area contributed by atoms with Gasteiger partial charge in [-0.25, -0.2) is 4.79 Å². The summed E-state index contributed by atoms with van der Waals surface area (Å²) in [6.45, 7) is -0.220. The number of hydrogen-bond donors (Lipinski definition) is 0. The van der Waals surface area contributed by atoms with Gasteiger partial charge < -0.3 is 4.74 Å². The zero-order valence-corrected chi connectivity index (χ0v) is 16.3. The maximum atomic E-state index is 12.6. The highest BCUT2D eigenvalue weighted by Gasteiger charge is 2.21. The van der Waals surface area contributed by atoms with Crippen LogP contribution < -0.4 is 0 Å². The molecule has 0 bridgehead atoms. The van der Waals surface area contributed by atoms with Gasteiger partial charge in [0.25, 0.3) is 0 Å². The Morgan fingerprint density at radius 3 is 2.61 bits per heavy atom. The van der Waals surface area contributed by atoms with Gasteiger partial charge in [-0.2, -0.15) is 0 Å². The van der Waals surface area contributed by atoms with Crippen molar-refractivity contribution >= 4 is 23.1 Å². The number of benzene rings is 2. The summed E-state index contributed by atoms with van der Waals surface area (Å²) in [5, 5.41) is 0. The molecule has 5 rings (SSSR count). The lowest BCUT2D eigenvalue weighted by Gasteiger charge is -2.08. The SMILES string of the molecule is O=C(COC(=O)c1cc2c(s1)CCCC2)c1ccc2c(c1)-c1ccccc1C2. The van der Waals surface area contributed by atoms with Gasteiger partial charge in [0.15, 0.2) is 12.4 Å². The van der Waals surface area contributed by atoms with Crippen molar-refractivity contribution in [3.8, 4) is 11.1 Å². The second kappa shape index (κ2) is 7.02. The summed E-state index contributed by atoms with van der Waals surface area (Å²) >= 11 is 1.51. The molecule has 0 saturated carbocycles. The van der Waals surface area contributed by atoms with Crippen LogP contribution >= 0.6 is 11.3 Å².